The molecular formula is C9H17NO2. The first kappa shape index (κ1) is 11.2. The van der Waals surface area contributed by atoms with E-state index in [1.165, 1.54) is 0 Å². The highest BCUT2D eigenvalue weighted by Gasteiger charge is 2.01. The van der Waals surface area contributed by atoms with Crippen LogP contribution in [0.25, 0.3) is 0 Å². The SMILES string of the molecule is CCCC=C(C)C(=O)NOCC. The van der Waals surface area contributed by atoms with E-state index in [0.29, 0.717) is 12.2 Å². The highest BCUT2D eigenvalue weighted by molar-refractivity contribution is 5.91. The maximum Gasteiger partial charge on any atom is 0.270 e. The summed E-state index contributed by atoms with van der Waals surface area (Å²) in [5, 5.41) is 0. The van der Waals surface area contributed by atoms with Gasteiger partial charge in [0.15, 0.2) is 0 Å². The summed E-state index contributed by atoms with van der Waals surface area (Å²) >= 11 is 0. The van der Waals surface area contributed by atoms with Crippen molar-refractivity contribution in [2.75, 3.05) is 6.61 Å². The standard InChI is InChI=1S/C9H17NO2/c1-4-6-7-8(3)9(11)10-12-5-2/h7H,4-6H2,1-3H3,(H,10,11). The third-order valence-corrected chi connectivity index (χ3v) is 1.41. The predicted octanol–water partition coefficient (Wildman–Crippen LogP) is 1.80. The molecule has 0 unspecified atom stereocenters. The van der Waals surface area contributed by atoms with Gasteiger partial charge >= 0.3 is 0 Å². The monoisotopic (exact) mass is 171 g/mol. The topological polar surface area (TPSA) is 38.3 Å². The van der Waals surface area contributed by atoms with E-state index in [2.05, 4.69) is 12.4 Å². The lowest BCUT2D eigenvalue weighted by Gasteiger charge is -2.02. The molecule has 0 aliphatic rings. The van der Waals surface area contributed by atoms with Crippen LogP contribution in [0.1, 0.15) is 33.6 Å². The summed E-state index contributed by atoms with van der Waals surface area (Å²) in [4.78, 5) is 15.9. The molecule has 0 spiro atoms. The molecule has 0 fully saturated rings. The first-order valence-electron chi connectivity index (χ1n) is 4.31. The molecule has 0 atom stereocenters. The minimum absolute atomic E-state index is 0.148. The van der Waals surface area contributed by atoms with Gasteiger partial charge in [0.05, 0.1) is 6.61 Å². The Kier molecular flexibility index (Phi) is 6.38. The second-order valence-corrected chi connectivity index (χ2v) is 2.54. The number of hydroxylamine groups is 1. The summed E-state index contributed by atoms with van der Waals surface area (Å²) < 4.78 is 0. The molecule has 0 saturated heterocycles. The fraction of sp³-hybridized carbons (Fsp3) is 0.667. The van der Waals surface area contributed by atoms with Crippen LogP contribution in [-0.4, -0.2) is 12.5 Å². The summed E-state index contributed by atoms with van der Waals surface area (Å²) in [6.07, 6.45) is 3.90. The predicted molar refractivity (Wildman–Crippen MR) is 48.4 cm³/mol. The van der Waals surface area contributed by atoms with Crippen LogP contribution in [0.4, 0.5) is 0 Å². The third kappa shape index (κ3) is 4.91. The lowest BCUT2D eigenvalue weighted by molar-refractivity contribution is -0.129. The quantitative estimate of drug-likeness (QED) is 0.506. The molecular weight excluding hydrogens is 154 g/mol. The van der Waals surface area contributed by atoms with Gasteiger partial charge in [-0.2, -0.15) is 0 Å². The van der Waals surface area contributed by atoms with Crippen molar-refractivity contribution in [3.63, 3.8) is 0 Å². The molecule has 0 radical (unpaired) electrons. The molecule has 0 aliphatic carbocycles. The van der Waals surface area contributed by atoms with Crippen LogP contribution >= 0.6 is 0 Å². The second kappa shape index (κ2) is 6.85. The molecule has 1 N–H and O–H groups in total. The van der Waals surface area contributed by atoms with E-state index in [1.54, 1.807) is 6.92 Å². The first-order chi connectivity index (χ1) is 5.72. The maximum absolute atomic E-state index is 11.1. The molecule has 3 heteroatoms. The average molecular weight is 171 g/mol. The maximum atomic E-state index is 11.1. The first-order valence-corrected chi connectivity index (χ1v) is 4.31. The van der Waals surface area contributed by atoms with Crippen LogP contribution in [0.15, 0.2) is 11.6 Å². The van der Waals surface area contributed by atoms with E-state index < -0.39 is 0 Å². The van der Waals surface area contributed by atoms with Crippen LogP contribution in [0, 0.1) is 0 Å². The van der Waals surface area contributed by atoms with Crippen molar-refractivity contribution in [1.29, 1.82) is 0 Å². The number of allylic oxidation sites excluding steroid dienone is 1. The fourth-order valence-corrected chi connectivity index (χ4v) is 0.672. The number of unbranched alkanes of at least 4 members (excludes halogenated alkanes) is 1. The highest BCUT2D eigenvalue weighted by Crippen LogP contribution is 1.97. The molecule has 0 bridgehead atoms. The Morgan fingerprint density at radius 2 is 2.17 bits per heavy atom. The average Bonchev–Trinajstić information content (AvgIpc) is 2.10. The zero-order valence-electron chi connectivity index (χ0n) is 8.02. The molecule has 3 nitrogen and oxygen atoms in total. The minimum Gasteiger partial charge on any atom is -0.274 e. The van der Waals surface area contributed by atoms with Gasteiger partial charge in [0, 0.05) is 5.57 Å². The van der Waals surface area contributed by atoms with E-state index in [-0.39, 0.29) is 5.91 Å². The van der Waals surface area contributed by atoms with Crippen molar-refractivity contribution in [2.45, 2.75) is 33.6 Å². The zero-order valence-corrected chi connectivity index (χ0v) is 8.02. The molecule has 0 aromatic carbocycles. The van der Waals surface area contributed by atoms with Gasteiger partial charge in [-0.1, -0.05) is 19.4 Å². The van der Waals surface area contributed by atoms with E-state index in [9.17, 15) is 4.79 Å². The number of nitrogens with one attached hydrogen (secondary N) is 1. The van der Waals surface area contributed by atoms with Gasteiger partial charge in [-0.15, -0.1) is 0 Å². The van der Waals surface area contributed by atoms with Crippen molar-refractivity contribution < 1.29 is 9.63 Å². The van der Waals surface area contributed by atoms with Gasteiger partial charge in [0.1, 0.15) is 0 Å². The van der Waals surface area contributed by atoms with Crippen LogP contribution in [-0.2, 0) is 9.63 Å². The molecule has 0 saturated carbocycles. The Balaban J connectivity index is 3.75. The summed E-state index contributed by atoms with van der Waals surface area (Å²) in [5.41, 5.74) is 3.05. The smallest absolute Gasteiger partial charge is 0.270 e. The van der Waals surface area contributed by atoms with E-state index in [0.717, 1.165) is 12.8 Å². The molecule has 1 amide bonds. The summed E-state index contributed by atoms with van der Waals surface area (Å²) in [6, 6.07) is 0. The summed E-state index contributed by atoms with van der Waals surface area (Å²) in [7, 11) is 0. The van der Waals surface area contributed by atoms with E-state index in [4.69, 9.17) is 4.84 Å². The molecule has 0 rings (SSSR count). The van der Waals surface area contributed by atoms with Crippen LogP contribution < -0.4 is 5.48 Å². The van der Waals surface area contributed by atoms with Crippen molar-refractivity contribution in [2.24, 2.45) is 0 Å². The van der Waals surface area contributed by atoms with Crippen LogP contribution in [0.5, 0.6) is 0 Å². The molecule has 70 valence electrons. The number of hydrogen-bond donors (Lipinski definition) is 1. The largest absolute Gasteiger partial charge is 0.274 e. The molecule has 0 aromatic heterocycles. The Bertz CT molecular complexity index is 164. The third-order valence-electron chi connectivity index (χ3n) is 1.41. The number of rotatable bonds is 5. The van der Waals surface area contributed by atoms with Crippen molar-refractivity contribution in [3.05, 3.63) is 11.6 Å². The fourth-order valence-electron chi connectivity index (χ4n) is 0.672. The number of amides is 1. The van der Waals surface area contributed by atoms with Crippen molar-refractivity contribution in [1.82, 2.24) is 5.48 Å². The van der Waals surface area contributed by atoms with Gasteiger partial charge in [0.2, 0.25) is 0 Å². The van der Waals surface area contributed by atoms with Gasteiger partial charge in [-0.05, 0) is 20.3 Å². The van der Waals surface area contributed by atoms with Gasteiger partial charge < -0.3 is 0 Å². The Labute approximate surface area is 73.7 Å². The van der Waals surface area contributed by atoms with E-state index >= 15 is 0 Å². The minimum atomic E-state index is -0.148. The van der Waals surface area contributed by atoms with Gasteiger partial charge in [-0.3, -0.25) is 9.63 Å². The molecule has 12 heavy (non-hydrogen) atoms. The molecule has 0 heterocycles. The number of hydrogen-bond acceptors (Lipinski definition) is 2. The zero-order chi connectivity index (χ0) is 9.40. The van der Waals surface area contributed by atoms with Gasteiger partial charge in [0.25, 0.3) is 5.91 Å². The summed E-state index contributed by atoms with van der Waals surface area (Å²) in [6.45, 7) is 6.17. The lowest BCUT2D eigenvalue weighted by Crippen LogP contribution is -2.24. The number of carbonyl (C=O) groups is 1. The Morgan fingerprint density at radius 1 is 1.50 bits per heavy atom. The lowest BCUT2D eigenvalue weighted by atomic mass is 10.2. The van der Waals surface area contributed by atoms with Crippen molar-refractivity contribution in [3.8, 4) is 0 Å². The second-order valence-electron chi connectivity index (χ2n) is 2.54. The normalized spacial score (nSPS) is 11.4. The Hall–Kier alpha value is -0.830. The van der Waals surface area contributed by atoms with Gasteiger partial charge in [-0.25, -0.2) is 5.48 Å². The van der Waals surface area contributed by atoms with Crippen LogP contribution in [0.2, 0.25) is 0 Å². The Morgan fingerprint density at radius 3 is 2.67 bits per heavy atom. The highest BCUT2D eigenvalue weighted by atomic mass is 16.6. The van der Waals surface area contributed by atoms with Crippen molar-refractivity contribution >= 4 is 5.91 Å². The summed E-state index contributed by atoms with van der Waals surface area (Å²) in [5.74, 6) is -0.148. The molecule has 0 aromatic rings. The number of carbonyl (C=O) groups excluding carboxylic acids is 1. The van der Waals surface area contributed by atoms with Crippen LogP contribution in [0.3, 0.4) is 0 Å². The van der Waals surface area contributed by atoms with E-state index in [1.807, 2.05) is 13.0 Å². The molecule has 0 aliphatic heterocycles.